The zero-order chi connectivity index (χ0) is 14.6. The van der Waals surface area contributed by atoms with Crippen molar-refractivity contribution < 1.29 is 23.8 Å². The number of hydrogen-bond acceptors (Lipinski definition) is 4. The van der Waals surface area contributed by atoms with E-state index in [1.807, 2.05) is 0 Å². The van der Waals surface area contributed by atoms with Gasteiger partial charge < -0.3 is 9.84 Å². The molecule has 1 unspecified atom stereocenters. The first-order valence-electron chi connectivity index (χ1n) is 5.62. The normalized spacial score (nSPS) is 12.3. The van der Waals surface area contributed by atoms with Crippen LogP contribution in [-0.4, -0.2) is 49.0 Å². The van der Waals surface area contributed by atoms with Crippen molar-refractivity contribution in [2.45, 2.75) is 12.5 Å². The summed E-state index contributed by atoms with van der Waals surface area (Å²) in [6, 6.07) is 2.71. The average Bonchev–Trinajstić information content (AvgIpc) is 2.34. The van der Waals surface area contributed by atoms with Crippen LogP contribution < -0.4 is 4.74 Å². The molecular formula is C13H16FNO4. The summed E-state index contributed by atoms with van der Waals surface area (Å²) < 4.78 is 18.2. The molecule has 6 heteroatoms. The van der Waals surface area contributed by atoms with E-state index in [2.05, 4.69) is 0 Å². The van der Waals surface area contributed by atoms with E-state index in [4.69, 9.17) is 9.84 Å². The number of benzene rings is 1. The molecule has 1 aromatic rings. The van der Waals surface area contributed by atoms with Crippen molar-refractivity contribution in [1.29, 1.82) is 0 Å². The van der Waals surface area contributed by atoms with Crippen LogP contribution in [0.15, 0.2) is 18.2 Å². The lowest BCUT2D eigenvalue weighted by atomic mass is 9.99. The first-order chi connectivity index (χ1) is 8.86. The van der Waals surface area contributed by atoms with Gasteiger partial charge in [0.05, 0.1) is 25.1 Å². The summed E-state index contributed by atoms with van der Waals surface area (Å²) in [5.74, 6) is -1.92. The second kappa shape index (κ2) is 6.29. The van der Waals surface area contributed by atoms with Crippen LogP contribution in [0.4, 0.5) is 4.39 Å². The molecule has 104 valence electrons. The van der Waals surface area contributed by atoms with Crippen LogP contribution in [0.3, 0.4) is 0 Å². The van der Waals surface area contributed by atoms with E-state index in [1.54, 1.807) is 14.1 Å². The van der Waals surface area contributed by atoms with Crippen molar-refractivity contribution in [2.75, 3.05) is 21.2 Å². The number of halogens is 1. The number of nitrogens with zero attached hydrogens (tertiary/aromatic N) is 1. The Morgan fingerprint density at radius 3 is 2.53 bits per heavy atom. The van der Waals surface area contributed by atoms with Crippen LogP contribution in [0.25, 0.3) is 0 Å². The van der Waals surface area contributed by atoms with Gasteiger partial charge in [0.25, 0.3) is 0 Å². The Morgan fingerprint density at radius 2 is 2.05 bits per heavy atom. The maximum Gasteiger partial charge on any atom is 0.305 e. The monoisotopic (exact) mass is 269 g/mol. The Labute approximate surface area is 110 Å². The third kappa shape index (κ3) is 3.75. The molecule has 0 aliphatic heterocycles. The van der Waals surface area contributed by atoms with Crippen LogP contribution in [0.1, 0.15) is 16.8 Å². The number of hydrogen-bond donors (Lipinski definition) is 1. The van der Waals surface area contributed by atoms with Crippen molar-refractivity contribution in [2.24, 2.45) is 0 Å². The Kier molecular flexibility index (Phi) is 5.00. The van der Waals surface area contributed by atoms with Crippen molar-refractivity contribution >= 4 is 11.8 Å². The van der Waals surface area contributed by atoms with Gasteiger partial charge in [-0.2, -0.15) is 0 Å². The van der Waals surface area contributed by atoms with Crippen LogP contribution in [0.2, 0.25) is 0 Å². The zero-order valence-corrected chi connectivity index (χ0v) is 11.0. The van der Waals surface area contributed by atoms with E-state index in [0.717, 1.165) is 6.07 Å². The molecule has 0 heterocycles. The van der Waals surface area contributed by atoms with Crippen LogP contribution in [0.5, 0.6) is 5.75 Å². The van der Waals surface area contributed by atoms with E-state index in [1.165, 1.54) is 24.1 Å². The molecular weight excluding hydrogens is 253 g/mol. The maximum atomic E-state index is 13.2. The second-order valence-electron chi connectivity index (χ2n) is 4.29. The highest BCUT2D eigenvalue weighted by molar-refractivity contribution is 6.03. The molecule has 0 spiro atoms. The summed E-state index contributed by atoms with van der Waals surface area (Å²) in [7, 11) is 4.56. The van der Waals surface area contributed by atoms with E-state index < -0.39 is 23.6 Å². The van der Waals surface area contributed by atoms with Crippen molar-refractivity contribution in [1.82, 2.24) is 4.90 Å². The van der Waals surface area contributed by atoms with Gasteiger partial charge in [-0.25, -0.2) is 4.39 Å². The summed E-state index contributed by atoms with van der Waals surface area (Å²) >= 11 is 0. The van der Waals surface area contributed by atoms with Crippen LogP contribution in [0, 0.1) is 5.82 Å². The SMILES string of the molecule is COc1ccc(F)cc1C(=O)C(CC(=O)O)N(C)C. The van der Waals surface area contributed by atoms with Gasteiger partial charge in [-0.05, 0) is 32.3 Å². The standard InChI is InChI=1S/C13H16FNO4/c1-15(2)10(7-12(16)17)13(18)9-6-8(14)4-5-11(9)19-3/h4-6,10H,7H2,1-3H3,(H,16,17). The minimum absolute atomic E-state index is 0.0439. The third-order valence-electron chi connectivity index (χ3n) is 2.72. The summed E-state index contributed by atoms with van der Waals surface area (Å²) in [5, 5.41) is 8.83. The fourth-order valence-electron chi connectivity index (χ4n) is 1.73. The number of likely N-dealkylation sites (N-methyl/N-ethyl adjacent to an activating group) is 1. The number of carboxylic acid groups (broad SMARTS) is 1. The zero-order valence-electron chi connectivity index (χ0n) is 11.0. The number of rotatable bonds is 6. The van der Waals surface area contributed by atoms with E-state index in [0.29, 0.717) is 0 Å². The largest absolute Gasteiger partial charge is 0.496 e. The molecule has 19 heavy (non-hydrogen) atoms. The van der Waals surface area contributed by atoms with Gasteiger partial charge >= 0.3 is 5.97 Å². The van der Waals surface area contributed by atoms with Gasteiger partial charge in [0.1, 0.15) is 11.6 Å². The van der Waals surface area contributed by atoms with Crippen LogP contribution in [-0.2, 0) is 4.79 Å². The molecule has 0 aromatic heterocycles. The van der Waals surface area contributed by atoms with E-state index >= 15 is 0 Å². The molecule has 0 radical (unpaired) electrons. The highest BCUT2D eigenvalue weighted by atomic mass is 19.1. The predicted octanol–water partition coefficient (Wildman–Crippen LogP) is 1.42. The smallest absolute Gasteiger partial charge is 0.305 e. The van der Waals surface area contributed by atoms with Crippen molar-refractivity contribution in [3.05, 3.63) is 29.6 Å². The number of carboxylic acids is 1. The Hall–Kier alpha value is -1.95. The van der Waals surface area contributed by atoms with E-state index in [9.17, 15) is 14.0 Å². The lowest BCUT2D eigenvalue weighted by Crippen LogP contribution is -2.38. The number of carbonyl (C=O) groups excluding carboxylic acids is 1. The van der Waals surface area contributed by atoms with Crippen molar-refractivity contribution in [3.63, 3.8) is 0 Å². The fourth-order valence-corrected chi connectivity index (χ4v) is 1.73. The molecule has 0 aliphatic carbocycles. The third-order valence-corrected chi connectivity index (χ3v) is 2.72. The Morgan fingerprint density at radius 1 is 1.42 bits per heavy atom. The number of ketones is 1. The molecule has 0 aliphatic rings. The first kappa shape index (κ1) is 15.1. The van der Waals surface area contributed by atoms with Gasteiger partial charge in [-0.1, -0.05) is 0 Å². The summed E-state index contributed by atoms with van der Waals surface area (Å²) in [6.07, 6.45) is -0.356. The molecule has 1 aromatic carbocycles. The quantitative estimate of drug-likeness (QED) is 0.791. The minimum Gasteiger partial charge on any atom is -0.496 e. The molecule has 1 N–H and O–H groups in total. The number of ether oxygens (including phenoxy) is 1. The van der Waals surface area contributed by atoms with E-state index in [-0.39, 0.29) is 17.7 Å². The molecule has 1 rings (SSSR count). The van der Waals surface area contributed by atoms with Gasteiger partial charge in [0, 0.05) is 0 Å². The Bertz CT molecular complexity index is 488. The molecule has 1 atom stereocenters. The lowest BCUT2D eigenvalue weighted by Gasteiger charge is -2.22. The van der Waals surface area contributed by atoms with Crippen LogP contribution >= 0.6 is 0 Å². The number of methoxy groups -OCH3 is 1. The van der Waals surface area contributed by atoms with Gasteiger partial charge in [-0.15, -0.1) is 0 Å². The molecule has 0 saturated heterocycles. The highest BCUT2D eigenvalue weighted by Gasteiger charge is 2.27. The average molecular weight is 269 g/mol. The first-order valence-corrected chi connectivity index (χ1v) is 5.62. The molecule has 0 fully saturated rings. The van der Waals surface area contributed by atoms with Gasteiger partial charge in [-0.3, -0.25) is 14.5 Å². The number of Topliss-reactive ketones (excluding diaryl/α,β-unsaturated/α-hetero) is 1. The maximum absolute atomic E-state index is 13.2. The lowest BCUT2D eigenvalue weighted by molar-refractivity contribution is -0.137. The minimum atomic E-state index is -1.09. The van der Waals surface area contributed by atoms with Gasteiger partial charge in [0.2, 0.25) is 0 Å². The number of aliphatic carboxylic acids is 1. The summed E-state index contributed by atoms with van der Waals surface area (Å²) in [5.41, 5.74) is 0.0439. The van der Waals surface area contributed by atoms with Gasteiger partial charge in [0.15, 0.2) is 5.78 Å². The summed E-state index contributed by atoms with van der Waals surface area (Å²) in [6.45, 7) is 0. The molecule has 0 amide bonds. The molecule has 0 saturated carbocycles. The molecule has 5 nitrogen and oxygen atoms in total. The highest BCUT2D eigenvalue weighted by Crippen LogP contribution is 2.22. The number of carbonyl (C=O) groups is 2. The topological polar surface area (TPSA) is 66.8 Å². The molecule has 0 bridgehead atoms. The predicted molar refractivity (Wildman–Crippen MR) is 67.0 cm³/mol. The fraction of sp³-hybridized carbons (Fsp3) is 0.385. The summed E-state index contributed by atoms with van der Waals surface area (Å²) in [4.78, 5) is 24.6. The Balaban J connectivity index is 3.15. The second-order valence-corrected chi connectivity index (χ2v) is 4.29. The van der Waals surface area contributed by atoms with Crippen molar-refractivity contribution in [3.8, 4) is 5.75 Å².